The fourth-order valence-corrected chi connectivity index (χ4v) is 3.04. The Kier molecular flexibility index (Phi) is 6.97. The van der Waals surface area contributed by atoms with Crippen LogP contribution >= 0.6 is 0 Å². The number of carbonyl (C=O) groups is 2. The summed E-state index contributed by atoms with van der Waals surface area (Å²) in [6.07, 6.45) is 8.11. The van der Waals surface area contributed by atoms with E-state index in [1.54, 1.807) is 0 Å². The first kappa shape index (κ1) is 16.9. The largest absolute Gasteiger partial charge is 0.393 e. The number of hydrogen-bond acceptors (Lipinski definition) is 3. The maximum Gasteiger partial charge on any atom is 0.317 e. The lowest BCUT2D eigenvalue weighted by Crippen LogP contribution is -2.19. The predicted molar refractivity (Wildman–Crippen MR) is 80.1 cm³/mol. The highest BCUT2D eigenvalue weighted by Gasteiger charge is 2.38. The molecular formula is C17H28O3. The summed E-state index contributed by atoms with van der Waals surface area (Å²) in [7, 11) is 0. The molecule has 3 nitrogen and oxygen atoms in total. The van der Waals surface area contributed by atoms with Gasteiger partial charge in [0.05, 0.1) is 12.3 Å². The number of ether oxygens (including phenoxy) is 1. The standard InChI is InChI=1S/C17H28O3/c1-5-7-13(6-2)8-9-14(10-12(3)4)15-11-16(18)20-17(15)19/h10,13-15H,5-9,11H2,1-4H3. The summed E-state index contributed by atoms with van der Waals surface area (Å²) < 4.78 is 4.71. The molecular weight excluding hydrogens is 252 g/mol. The Morgan fingerprint density at radius 2 is 1.95 bits per heavy atom. The zero-order valence-electron chi connectivity index (χ0n) is 13.3. The minimum absolute atomic E-state index is 0.143. The van der Waals surface area contributed by atoms with Crippen LogP contribution in [0.4, 0.5) is 0 Å². The Hall–Kier alpha value is -1.12. The molecule has 20 heavy (non-hydrogen) atoms. The average molecular weight is 280 g/mol. The number of allylic oxidation sites excluding steroid dienone is 2. The van der Waals surface area contributed by atoms with Crippen LogP contribution in [0.2, 0.25) is 0 Å². The maximum atomic E-state index is 11.8. The van der Waals surface area contributed by atoms with E-state index in [2.05, 4.69) is 19.9 Å². The Labute approximate surface area is 122 Å². The molecule has 1 rings (SSSR count). The smallest absolute Gasteiger partial charge is 0.317 e. The molecule has 0 spiro atoms. The van der Waals surface area contributed by atoms with Crippen molar-refractivity contribution < 1.29 is 14.3 Å². The van der Waals surface area contributed by atoms with Crippen LogP contribution in [0, 0.1) is 17.8 Å². The quantitative estimate of drug-likeness (QED) is 0.379. The highest BCUT2D eigenvalue weighted by molar-refractivity contribution is 5.94. The summed E-state index contributed by atoms with van der Waals surface area (Å²) in [5, 5.41) is 0. The van der Waals surface area contributed by atoms with E-state index in [1.165, 1.54) is 24.8 Å². The van der Waals surface area contributed by atoms with Crippen molar-refractivity contribution >= 4 is 11.9 Å². The number of rotatable bonds is 8. The normalized spacial score (nSPS) is 21.5. The van der Waals surface area contributed by atoms with Crippen molar-refractivity contribution in [3.05, 3.63) is 11.6 Å². The van der Waals surface area contributed by atoms with Gasteiger partial charge in [0, 0.05) is 0 Å². The molecule has 3 atom stereocenters. The molecule has 0 aromatic rings. The Balaban J connectivity index is 2.68. The first-order chi connectivity index (χ1) is 9.47. The summed E-state index contributed by atoms with van der Waals surface area (Å²) in [6, 6.07) is 0. The van der Waals surface area contributed by atoms with Crippen LogP contribution in [0.25, 0.3) is 0 Å². The fraction of sp³-hybridized carbons (Fsp3) is 0.765. The van der Waals surface area contributed by atoms with Crippen LogP contribution in [-0.4, -0.2) is 11.9 Å². The molecule has 1 saturated heterocycles. The molecule has 0 bridgehead atoms. The average Bonchev–Trinajstić information content (AvgIpc) is 2.71. The van der Waals surface area contributed by atoms with E-state index in [0.29, 0.717) is 0 Å². The van der Waals surface area contributed by atoms with E-state index < -0.39 is 0 Å². The Bertz CT molecular complexity index is 366. The van der Waals surface area contributed by atoms with Gasteiger partial charge in [0.2, 0.25) is 0 Å². The minimum Gasteiger partial charge on any atom is -0.393 e. The van der Waals surface area contributed by atoms with Crippen LogP contribution in [0.15, 0.2) is 11.6 Å². The summed E-state index contributed by atoms with van der Waals surface area (Å²) >= 11 is 0. The molecule has 0 aromatic carbocycles. The molecule has 114 valence electrons. The van der Waals surface area contributed by atoms with Crippen molar-refractivity contribution in [1.82, 2.24) is 0 Å². The van der Waals surface area contributed by atoms with Gasteiger partial charge in [-0.15, -0.1) is 0 Å². The summed E-state index contributed by atoms with van der Waals surface area (Å²) in [4.78, 5) is 23.1. The van der Waals surface area contributed by atoms with E-state index in [0.717, 1.165) is 18.8 Å². The van der Waals surface area contributed by atoms with Gasteiger partial charge in [-0.2, -0.15) is 0 Å². The molecule has 0 radical (unpaired) electrons. The number of hydrogen-bond donors (Lipinski definition) is 0. The van der Waals surface area contributed by atoms with Crippen molar-refractivity contribution in [2.24, 2.45) is 17.8 Å². The third-order valence-electron chi connectivity index (χ3n) is 4.15. The number of esters is 2. The van der Waals surface area contributed by atoms with Crippen LogP contribution in [0.3, 0.4) is 0 Å². The van der Waals surface area contributed by atoms with E-state index in [9.17, 15) is 9.59 Å². The van der Waals surface area contributed by atoms with Crippen LogP contribution < -0.4 is 0 Å². The van der Waals surface area contributed by atoms with E-state index >= 15 is 0 Å². The minimum atomic E-state index is -0.368. The van der Waals surface area contributed by atoms with Gasteiger partial charge in [0.15, 0.2) is 0 Å². The number of carbonyl (C=O) groups excluding carboxylic acids is 2. The molecule has 0 aliphatic carbocycles. The SMILES string of the molecule is CCCC(CC)CCC(C=C(C)C)C1CC(=O)OC1=O. The molecule has 0 saturated carbocycles. The van der Waals surface area contributed by atoms with Gasteiger partial charge in [-0.3, -0.25) is 9.59 Å². The van der Waals surface area contributed by atoms with E-state index in [1.807, 2.05) is 13.8 Å². The molecule has 1 aliphatic rings. The van der Waals surface area contributed by atoms with Gasteiger partial charge in [-0.1, -0.05) is 44.8 Å². The fourth-order valence-electron chi connectivity index (χ4n) is 3.04. The third kappa shape index (κ3) is 5.10. The van der Waals surface area contributed by atoms with Gasteiger partial charge in [-0.25, -0.2) is 0 Å². The third-order valence-corrected chi connectivity index (χ3v) is 4.15. The molecule has 0 aromatic heterocycles. The second-order valence-electron chi connectivity index (χ2n) is 6.15. The van der Waals surface area contributed by atoms with Crippen molar-refractivity contribution in [3.8, 4) is 0 Å². The first-order valence-electron chi connectivity index (χ1n) is 7.87. The monoisotopic (exact) mass is 280 g/mol. The Morgan fingerprint density at radius 1 is 1.25 bits per heavy atom. The molecule has 3 heteroatoms. The highest BCUT2D eigenvalue weighted by atomic mass is 16.6. The first-order valence-corrected chi connectivity index (χ1v) is 7.87. The second kappa shape index (κ2) is 8.23. The predicted octanol–water partition coefficient (Wildman–Crippen LogP) is 4.27. The van der Waals surface area contributed by atoms with E-state index in [4.69, 9.17) is 4.74 Å². The summed E-state index contributed by atoms with van der Waals surface area (Å²) in [5.74, 6) is -0.101. The lowest BCUT2D eigenvalue weighted by molar-refractivity contribution is -0.153. The van der Waals surface area contributed by atoms with Crippen LogP contribution in [0.1, 0.15) is 66.2 Å². The lowest BCUT2D eigenvalue weighted by atomic mass is 9.82. The summed E-state index contributed by atoms with van der Waals surface area (Å²) in [6.45, 7) is 8.52. The van der Waals surface area contributed by atoms with Crippen molar-refractivity contribution in [2.75, 3.05) is 0 Å². The highest BCUT2D eigenvalue weighted by Crippen LogP contribution is 2.32. The van der Waals surface area contributed by atoms with Crippen molar-refractivity contribution in [2.45, 2.75) is 66.2 Å². The van der Waals surface area contributed by atoms with Gasteiger partial charge < -0.3 is 4.74 Å². The van der Waals surface area contributed by atoms with Gasteiger partial charge >= 0.3 is 11.9 Å². The van der Waals surface area contributed by atoms with Crippen LogP contribution in [-0.2, 0) is 14.3 Å². The zero-order chi connectivity index (χ0) is 15.1. The van der Waals surface area contributed by atoms with Crippen molar-refractivity contribution in [1.29, 1.82) is 0 Å². The maximum absolute atomic E-state index is 11.8. The number of cyclic esters (lactones) is 2. The van der Waals surface area contributed by atoms with E-state index in [-0.39, 0.29) is 30.2 Å². The topological polar surface area (TPSA) is 43.4 Å². The second-order valence-corrected chi connectivity index (χ2v) is 6.15. The molecule has 1 aliphatic heterocycles. The van der Waals surface area contributed by atoms with Gasteiger partial charge in [0.1, 0.15) is 0 Å². The molecule has 1 fully saturated rings. The zero-order valence-corrected chi connectivity index (χ0v) is 13.3. The van der Waals surface area contributed by atoms with Gasteiger partial charge in [-0.05, 0) is 38.5 Å². The summed E-state index contributed by atoms with van der Waals surface area (Å²) in [5.41, 5.74) is 1.20. The molecule has 1 heterocycles. The molecule has 3 unspecified atom stereocenters. The molecule has 0 amide bonds. The molecule has 0 N–H and O–H groups in total. The van der Waals surface area contributed by atoms with Gasteiger partial charge in [0.25, 0.3) is 0 Å². The Morgan fingerprint density at radius 3 is 2.40 bits per heavy atom. The van der Waals surface area contributed by atoms with Crippen molar-refractivity contribution in [3.63, 3.8) is 0 Å². The lowest BCUT2D eigenvalue weighted by Gasteiger charge is -2.21. The van der Waals surface area contributed by atoms with Crippen LogP contribution in [0.5, 0.6) is 0 Å².